The summed E-state index contributed by atoms with van der Waals surface area (Å²) in [6, 6.07) is 11.0. The normalized spacial score (nSPS) is 10.8. The number of nitrogens with one attached hydrogen (secondary N) is 1. The Kier molecular flexibility index (Phi) is 2.82. The van der Waals surface area contributed by atoms with Gasteiger partial charge in [-0.3, -0.25) is 4.79 Å². The van der Waals surface area contributed by atoms with Gasteiger partial charge in [0.05, 0.1) is 5.69 Å². The van der Waals surface area contributed by atoms with Crippen LogP contribution >= 0.6 is 0 Å². The third kappa shape index (κ3) is 2.36. The number of aromatic nitrogens is 2. The molecular formula is C12H10N2O2. The molecule has 1 aromatic carbocycles. The van der Waals surface area contributed by atoms with Gasteiger partial charge >= 0.3 is 5.56 Å². The molecule has 4 heteroatoms. The van der Waals surface area contributed by atoms with E-state index in [0.717, 1.165) is 5.56 Å². The summed E-state index contributed by atoms with van der Waals surface area (Å²) < 4.78 is 0. The molecule has 0 saturated carbocycles. The topological polar surface area (TPSA) is 66.0 Å². The minimum Gasteiger partial charge on any atom is -0.503 e. The Bertz CT molecular complexity index is 559. The van der Waals surface area contributed by atoms with Gasteiger partial charge < -0.3 is 5.11 Å². The molecule has 16 heavy (non-hydrogen) atoms. The number of rotatable bonds is 2. The minimum absolute atomic E-state index is 0.331. The summed E-state index contributed by atoms with van der Waals surface area (Å²) in [7, 11) is 0. The van der Waals surface area contributed by atoms with Crippen molar-refractivity contribution in [3.8, 4) is 5.75 Å². The smallest absolute Gasteiger partial charge is 0.306 e. The van der Waals surface area contributed by atoms with Crippen molar-refractivity contribution >= 4 is 12.2 Å². The van der Waals surface area contributed by atoms with Crippen LogP contribution in [0.5, 0.6) is 5.75 Å². The molecule has 2 rings (SSSR count). The SMILES string of the molecule is O=c1[nH]nc(C=Cc2ccccc2)cc1O. The first-order valence-electron chi connectivity index (χ1n) is 4.77. The lowest BCUT2D eigenvalue weighted by molar-refractivity contribution is 0.463. The lowest BCUT2D eigenvalue weighted by Crippen LogP contribution is -2.07. The number of aromatic hydroxyl groups is 1. The lowest BCUT2D eigenvalue weighted by atomic mass is 10.2. The molecule has 0 atom stereocenters. The largest absolute Gasteiger partial charge is 0.503 e. The highest BCUT2D eigenvalue weighted by molar-refractivity contribution is 5.67. The maximum absolute atomic E-state index is 10.9. The van der Waals surface area contributed by atoms with Crippen molar-refractivity contribution < 1.29 is 5.11 Å². The van der Waals surface area contributed by atoms with Gasteiger partial charge in [-0.05, 0) is 11.6 Å². The predicted octanol–water partition coefficient (Wildman–Crippen LogP) is 1.65. The van der Waals surface area contributed by atoms with Crippen LogP contribution in [0.2, 0.25) is 0 Å². The molecule has 0 aliphatic rings. The first-order valence-corrected chi connectivity index (χ1v) is 4.77. The molecule has 0 saturated heterocycles. The van der Waals surface area contributed by atoms with E-state index in [9.17, 15) is 9.90 Å². The molecule has 0 aliphatic carbocycles. The summed E-state index contributed by atoms with van der Waals surface area (Å²) in [6.45, 7) is 0. The molecule has 0 amide bonds. The summed E-state index contributed by atoms with van der Waals surface area (Å²) in [5, 5.41) is 15.1. The maximum Gasteiger partial charge on any atom is 0.306 e. The number of hydrogen-bond donors (Lipinski definition) is 2. The van der Waals surface area contributed by atoms with Gasteiger partial charge in [0.2, 0.25) is 0 Å². The van der Waals surface area contributed by atoms with Crippen LogP contribution in [0.25, 0.3) is 12.2 Å². The molecule has 80 valence electrons. The van der Waals surface area contributed by atoms with Gasteiger partial charge in [0.25, 0.3) is 0 Å². The Hall–Kier alpha value is -2.36. The van der Waals surface area contributed by atoms with E-state index in [0.29, 0.717) is 5.69 Å². The van der Waals surface area contributed by atoms with Crippen LogP contribution < -0.4 is 5.56 Å². The Morgan fingerprint density at radius 2 is 1.94 bits per heavy atom. The quantitative estimate of drug-likeness (QED) is 0.798. The highest BCUT2D eigenvalue weighted by atomic mass is 16.3. The number of nitrogens with zero attached hydrogens (tertiary/aromatic N) is 1. The van der Waals surface area contributed by atoms with Crippen LogP contribution in [0.15, 0.2) is 41.2 Å². The zero-order valence-electron chi connectivity index (χ0n) is 8.42. The van der Waals surface area contributed by atoms with Crippen molar-refractivity contribution in [1.29, 1.82) is 0 Å². The van der Waals surface area contributed by atoms with Crippen molar-refractivity contribution in [2.75, 3.05) is 0 Å². The number of H-pyrrole nitrogens is 1. The molecule has 0 spiro atoms. The summed E-state index contributed by atoms with van der Waals surface area (Å²) in [4.78, 5) is 10.9. The van der Waals surface area contributed by atoms with E-state index < -0.39 is 5.56 Å². The summed E-state index contributed by atoms with van der Waals surface area (Å²) in [5.74, 6) is -0.331. The van der Waals surface area contributed by atoms with E-state index in [1.54, 1.807) is 6.08 Å². The second kappa shape index (κ2) is 4.44. The first kappa shape index (κ1) is 10.2. The Labute approximate surface area is 91.9 Å². The van der Waals surface area contributed by atoms with Gasteiger partial charge in [0, 0.05) is 6.07 Å². The molecule has 0 aliphatic heterocycles. The van der Waals surface area contributed by atoms with E-state index in [-0.39, 0.29) is 5.75 Å². The molecule has 4 nitrogen and oxygen atoms in total. The average molecular weight is 214 g/mol. The zero-order chi connectivity index (χ0) is 11.4. The van der Waals surface area contributed by atoms with E-state index in [1.807, 2.05) is 36.4 Å². The lowest BCUT2D eigenvalue weighted by Gasteiger charge is -1.94. The summed E-state index contributed by atoms with van der Waals surface area (Å²) in [5.41, 5.74) is 0.938. The Morgan fingerprint density at radius 3 is 2.62 bits per heavy atom. The molecule has 0 radical (unpaired) electrons. The zero-order valence-corrected chi connectivity index (χ0v) is 8.42. The molecule has 0 unspecified atom stereocenters. The van der Waals surface area contributed by atoms with Crippen molar-refractivity contribution in [1.82, 2.24) is 10.2 Å². The van der Waals surface area contributed by atoms with Crippen molar-refractivity contribution in [3.05, 3.63) is 58.0 Å². The molecule has 0 fully saturated rings. The second-order valence-corrected chi connectivity index (χ2v) is 3.25. The standard InChI is InChI=1S/C12H10N2O2/c15-11-8-10(13-14-12(11)16)7-6-9-4-2-1-3-5-9/h1-8H,(H,13,15)(H,14,16). The maximum atomic E-state index is 10.9. The molecule has 1 heterocycles. The predicted molar refractivity (Wildman–Crippen MR) is 61.9 cm³/mol. The van der Waals surface area contributed by atoms with Gasteiger partial charge in [-0.2, -0.15) is 5.10 Å². The minimum atomic E-state index is -0.586. The van der Waals surface area contributed by atoms with Crippen LogP contribution in [0.4, 0.5) is 0 Å². The fourth-order valence-electron chi connectivity index (χ4n) is 1.24. The van der Waals surface area contributed by atoms with Crippen LogP contribution in [0, 0.1) is 0 Å². The van der Waals surface area contributed by atoms with Crippen LogP contribution in [0.1, 0.15) is 11.3 Å². The highest BCUT2D eigenvalue weighted by Crippen LogP contribution is 2.07. The van der Waals surface area contributed by atoms with Crippen LogP contribution in [-0.4, -0.2) is 15.3 Å². The van der Waals surface area contributed by atoms with Gasteiger partial charge in [-0.15, -0.1) is 0 Å². The third-order valence-electron chi connectivity index (χ3n) is 2.05. The number of benzene rings is 1. The molecule has 1 aromatic heterocycles. The van der Waals surface area contributed by atoms with E-state index in [1.165, 1.54) is 6.07 Å². The van der Waals surface area contributed by atoms with Gasteiger partial charge in [-0.1, -0.05) is 36.4 Å². The van der Waals surface area contributed by atoms with Crippen LogP contribution in [-0.2, 0) is 0 Å². The van der Waals surface area contributed by atoms with Gasteiger partial charge in [0.15, 0.2) is 5.75 Å². The second-order valence-electron chi connectivity index (χ2n) is 3.25. The highest BCUT2D eigenvalue weighted by Gasteiger charge is 1.97. The Balaban J connectivity index is 2.24. The van der Waals surface area contributed by atoms with Crippen molar-refractivity contribution in [2.45, 2.75) is 0 Å². The number of aromatic amines is 1. The fraction of sp³-hybridized carbons (Fsp3) is 0. The molecular weight excluding hydrogens is 204 g/mol. The molecule has 2 aromatic rings. The summed E-state index contributed by atoms with van der Waals surface area (Å²) in [6.07, 6.45) is 3.56. The third-order valence-corrected chi connectivity index (χ3v) is 2.05. The Morgan fingerprint density at radius 1 is 1.19 bits per heavy atom. The van der Waals surface area contributed by atoms with Gasteiger partial charge in [0.1, 0.15) is 0 Å². The van der Waals surface area contributed by atoms with Crippen LogP contribution in [0.3, 0.4) is 0 Å². The molecule has 0 bridgehead atoms. The van der Waals surface area contributed by atoms with Crippen molar-refractivity contribution in [2.24, 2.45) is 0 Å². The average Bonchev–Trinajstić information content (AvgIpc) is 2.32. The van der Waals surface area contributed by atoms with Crippen molar-refractivity contribution in [3.63, 3.8) is 0 Å². The van der Waals surface area contributed by atoms with E-state index in [2.05, 4.69) is 10.2 Å². The van der Waals surface area contributed by atoms with E-state index in [4.69, 9.17) is 0 Å². The van der Waals surface area contributed by atoms with Gasteiger partial charge in [-0.25, -0.2) is 5.10 Å². The monoisotopic (exact) mass is 214 g/mol. The van der Waals surface area contributed by atoms with E-state index >= 15 is 0 Å². The molecule has 2 N–H and O–H groups in total. The first-order chi connectivity index (χ1) is 7.75. The number of hydrogen-bond acceptors (Lipinski definition) is 3. The summed E-state index contributed by atoms with van der Waals surface area (Å²) >= 11 is 0. The fourth-order valence-corrected chi connectivity index (χ4v) is 1.24.